The number of carbonyl (C=O) groups is 2. The third kappa shape index (κ3) is 4.18. The molecule has 0 spiro atoms. The van der Waals surface area contributed by atoms with E-state index >= 15 is 0 Å². The Bertz CT molecular complexity index is 1370. The third-order valence-corrected chi connectivity index (χ3v) is 6.12. The summed E-state index contributed by atoms with van der Waals surface area (Å²) in [5.74, 6) is -1.06. The minimum absolute atomic E-state index is 0.108. The van der Waals surface area contributed by atoms with E-state index in [1.807, 2.05) is 6.07 Å². The molecule has 0 aliphatic carbocycles. The van der Waals surface area contributed by atoms with Crippen LogP contribution in [0.3, 0.4) is 0 Å². The summed E-state index contributed by atoms with van der Waals surface area (Å²) < 4.78 is 13.3. The van der Waals surface area contributed by atoms with Gasteiger partial charge < -0.3 is 5.32 Å². The largest absolute Gasteiger partial charge is 0.320 e. The van der Waals surface area contributed by atoms with Crippen molar-refractivity contribution in [3.05, 3.63) is 99.7 Å². The molecule has 0 radical (unpaired) electrons. The summed E-state index contributed by atoms with van der Waals surface area (Å²) in [6.45, 7) is 0. The smallest absolute Gasteiger partial charge is 0.276 e. The maximum absolute atomic E-state index is 13.3. The number of thioether (sulfide) groups is 1. The van der Waals surface area contributed by atoms with Crippen molar-refractivity contribution >= 4 is 63.5 Å². The average Bonchev–Trinajstić information content (AvgIpc) is 3.29. The minimum Gasteiger partial charge on any atom is -0.320 e. The highest BCUT2D eigenvalue weighted by Crippen LogP contribution is 2.36. The van der Waals surface area contributed by atoms with Gasteiger partial charge >= 0.3 is 0 Å². The summed E-state index contributed by atoms with van der Waals surface area (Å²) in [5.41, 5.74) is 2.52. The zero-order valence-electron chi connectivity index (χ0n) is 16.8. The predicted octanol–water partition coefficient (Wildman–Crippen LogP) is 5.31. The average molecular weight is 477 g/mol. The van der Waals surface area contributed by atoms with E-state index in [1.54, 1.807) is 60.7 Å². The summed E-state index contributed by atoms with van der Waals surface area (Å²) in [6, 6.07) is 19.8. The van der Waals surface area contributed by atoms with Gasteiger partial charge in [0.05, 0.1) is 16.3 Å². The first kappa shape index (κ1) is 21.1. The SMILES string of the molecule is O=C1Nc2ccc(Cl)cc2C1=NN=C1SC(=Cc2ccc(F)cc2)C(=O)N1c1ccccc1. The van der Waals surface area contributed by atoms with Gasteiger partial charge in [-0.05, 0) is 65.9 Å². The van der Waals surface area contributed by atoms with Gasteiger partial charge in [0.1, 0.15) is 5.82 Å². The number of fused-ring (bicyclic) bond motifs is 1. The highest BCUT2D eigenvalue weighted by Gasteiger charge is 2.35. The molecular weight excluding hydrogens is 463 g/mol. The molecule has 1 fully saturated rings. The molecule has 1 saturated heterocycles. The van der Waals surface area contributed by atoms with E-state index in [0.717, 1.165) is 11.8 Å². The van der Waals surface area contributed by atoms with Crippen LogP contribution in [-0.4, -0.2) is 22.7 Å². The zero-order chi connectivity index (χ0) is 22.9. The van der Waals surface area contributed by atoms with Gasteiger partial charge in [0.15, 0.2) is 5.71 Å². The Labute approximate surface area is 197 Å². The molecule has 2 aliphatic heterocycles. The van der Waals surface area contributed by atoms with Crippen molar-refractivity contribution in [3.63, 3.8) is 0 Å². The first-order valence-corrected chi connectivity index (χ1v) is 11.0. The van der Waals surface area contributed by atoms with Crippen LogP contribution in [0.4, 0.5) is 15.8 Å². The molecular formula is C24H14ClFN4O2S. The van der Waals surface area contributed by atoms with Crippen molar-refractivity contribution in [2.75, 3.05) is 10.2 Å². The number of hydrogen-bond donors (Lipinski definition) is 1. The zero-order valence-corrected chi connectivity index (χ0v) is 18.4. The van der Waals surface area contributed by atoms with Gasteiger partial charge in [-0.1, -0.05) is 41.9 Å². The number of anilines is 2. The van der Waals surface area contributed by atoms with Crippen molar-refractivity contribution in [1.82, 2.24) is 0 Å². The Kier molecular flexibility index (Phi) is 5.53. The van der Waals surface area contributed by atoms with Crippen LogP contribution in [0, 0.1) is 5.82 Å². The van der Waals surface area contributed by atoms with Gasteiger partial charge in [-0.3, -0.25) is 14.5 Å². The van der Waals surface area contributed by atoms with Crippen LogP contribution < -0.4 is 10.2 Å². The van der Waals surface area contributed by atoms with E-state index in [9.17, 15) is 14.0 Å². The minimum atomic E-state index is -0.403. The summed E-state index contributed by atoms with van der Waals surface area (Å²) in [6.07, 6.45) is 1.66. The van der Waals surface area contributed by atoms with E-state index in [-0.39, 0.29) is 22.6 Å². The Morgan fingerprint density at radius 1 is 0.970 bits per heavy atom. The van der Waals surface area contributed by atoms with Crippen LogP contribution in [0.5, 0.6) is 0 Å². The number of amides is 2. The predicted molar refractivity (Wildman–Crippen MR) is 130 cm³/mol. The van der Waals surface area contributed by atoms with E-state index in [0.29, 0.717) is 32.4 Å². The Morgan fingerprint density at radius 2 is 1.73 bits per heavy atom. The number of hydrogen-bond acceptors (Lipinski definition) is 5. The lowest BCUT2D eigenvalue weighted by atomic mass is 10.1. The highest BCUT2D eigenvalue weighted by atomic mass is 35.5. The fourth-order valence-electron chi connectivity index (χ4n) is 3.37. The van der Waals surface area contributed by atoms with Crippen LogP contribution >= 0.6 is 23.4 Å². The number of benzene rings is 3. The molecule has 2 heterocycles. The number of nitrogens with zero attached hydrogens (tertiary/aromatic N) is 3. The summed E-state index contributed by atoms with van der Waals surface area (Å²) in [7, 11) is 0. The molecule has 2 aliphatic rings. The Hall–Kier alpha value is -3.75. The number of halogens is 2. The summed E-state index contributed by atoms with van der Waals surface area (Å²) in [4.78, 5) is 27.5. The lowest BCUT2D eigenvalue weighted by molar-refractivity contribution is -0.113. The molecule has 33 heavy (non-hydrogen) atoms. The molecule has 0 unspecified atom stereocenters. The molecule has 9 heteroatoms. The number of para-hydroxylation sites is 1. The summed E-state index contributed by atoms with van der Waals surface area (Å²) >= 11 is 7.19. The molecule has 0 atom stereocenters. The second-order valence-corrected chi connectivity index (χ2v) is 8.56. The quantitative estimate of drug-likeness (QED) is 0.411. The molecule has 162 valence electrons. The first-order valence-electron chi connectivity index (χ1n) is 9.81. The topological polar surface area (TPSA) is 74.1 Å². The second kappa shape index (κ2) is 8.65. The van der Waals surface area contributed by atoms with Crippen molar-refractivity contribution in [1.29, 1.82) is 0 Å². The van der Waals surface area contributed by atoms with Crippen molar-refractivity contribution in [2.24, 2.45) is 10.2 Å². The monoisotopic (exact) mass is 476 g/mol. The van der Waals surface area contributed by atoms with Gasteiger partial charge in [-0.25, -0.2) is 4.39 Å². The van der Waals surface area contributed by atoms with E-state index in [2.05, 4.69) is 15.5 Å². The molecule has 5 rings (SSSR count). The Balaban J connectivity index is 1.56. The molecule has 3 aromatic rings. The van der Waals surface area contributed by atoms with Crippen molar-refractivity contribution < 1.29 is 14.0 Å². The van der Waals surface area contributed by atoms with Crippen LogP contribution in [0.2, 0.25) is 5.02 Å². The fourth-order valence-corrected chi connectivity index (χ4v) is 4.48. The van der Waals surface area contributed by atoms with Gasteiger partial charge in [-0.15, -0.1) is 10.2 Å². The van der Waals surface area contributed by atoms with Crippen LogP contribution in [0.25, 0.3) is 6.08 Å². The Morgan fingerprint density at radius 3 is 2.48 bits per heavy atom. The first-order chi connectivity index (χ1) is 16.0. The lowest BCUT2D eigenvalue weighted by Gasteiger charge is -2.14. The standard InChI is InChI=1S/C24H14ClFN4O2S/c25-15-8-11-19-18(13-15)21(22(31)27-19)28-29-24-30(17-4-2-1-3-5-17)23(32)20(33-24)12-14-6-9-16(26)10-7-14/h1-13H,(H,27,28,31). The molecule has 6 nitrogen and oxygen atoms in total. The molecule has 2 amide bonds. The van der Waals surface area contributed by atoms with Crippen LogP contribution in [0.1, 0.15) is 11.1 Å². The molecule has 1 N–H and O–H groups in total. The maximum Gasteiger partial charge on any atom is 0.276 e. The third-order valence-electron chi connectivity index (χ3n) is 4.92. The molecule has 3 aromatic carbocycles. The number of nitrogens with one attached hydrogen (secondary N) is 1. The van der Waals surface area contributed by atoms with E-state index in [1.165, 1.54) is 17.0 Å². The van der Waals surface area contributed by atoms with Gasteiger partial charge in [-0.2, -0.15) is 0 Å². The highest BCUT2D eigenvalue weighted by molar-refractivity contribution is 8.19. The summed E-state index contributed by atoms with van der Waals surface area (Å²) in [5, 5.41) is 11.9. The van der Waals surface area contributed by atoms with Crippen molar-refractivity contribution in [3.8, 4) is 0 Å². The van der Waals surface area contributed by atoms with E-state index < -0.39 is 5.91 Å². The van der Waals surface area contributed by atoms with Crippen LogP contribution in [0.15, 0.2) is 87.9 Å². The molecule has 0 aromatic heterocycles. The normalized spacial score (nSPS) is 19.0. The van der Waals surface area contributed by atoms with Gasteiger partial charge in [0, 0.05) is 10.6 Å². The molecule has 0 bridgehead atoms. The number of rotatable bonds is 3. The van der Waals surface area contributed by atoms with Gasteiger partial charge in [0.2, 0.25) is 5.17 Å². The lowest BCUT2D eigenvalue weighted by Crippen LogP contribution is -2.28. The van der Waals surface area contributed by atoms with Crippen molar-refractivity contribution in [2.45, 2.75) is 0 Å². The second-order valence-electron chi connectivity index (χ2n) is 7.11. The maximum atomic E-state index is 13.3. The van der Waals surface area contributed by atoms with E-state index in [4.69, 9.17) is 11.6 Å². The number of carbonyl (C=O) groups excluding carboxylic acids is 2. The molecule has 0 saturated carbocycles. The number of amidine groups is 1. The van der Waals surface area contributed by atoms with Crippen LogP contribution in [-0.2, 0) is 9.59 Å². The van der Waals surface area contributed by atoms with Gasteiger partial charge in [0.25, 0.3) is 11.8 Å². The fraction of sp³-hybridized carbons (Fsp3) is 0.